The van der Waals surface area contributed by atoms with Crippen molar-refractivity contribution in [3.8, 4) is 11.5 Å². The molecule has 0 saturated carbocycles. The molecule has 1 aliphatic rings. The number of hydrogen-bond acceptors (Lipinski definition) is 4. The van der Waals surface area contributed by atoms with Crippen LogP contribution in [0.15, 0.2) is 6.07 Å². The molecule has 1 heterocycles. The normalized spacial score (nSPS) is 14.7. The fourth-order valence-electron chi connectivity index (χ4n) is 1.82. The van der Waals surface area contributed by atoms with E-state index in [1.54, 1.807) is 13.8 Å². The number of hydrogen-bond donors (Lipinski definition) is 2. The summed E-state index contributed by atoms with van der Waals surface area (Å²) in [7, 11) is 0. The summed E-state index contributed by atoms with van der Waals surface area (Å²) in [6, 6.07) is 0.738. The van der Waals surface area contributed by atoms with Gasteiger partial charge < -0.3 is 10.2 Å². The van der Waals surface area contributed by atoms with E-state index in [2.05, 4.69) is 0 Å². The van der Waals surface area contributed by atoms with Gasteiger partial charge in [0.2, 0.25) is 0 Å². The van der Waals surface area contributed by atoms with E-state index in [9.17, 15) is 19.8 Å². The molecular formula is C11H10ClNO4. The van der Waals surface area contributed by atoms with Crippen molar-refractivity contribution in [2.45, 2.75) is 19.9 Å². The summed E-state index contributed by atoms with van der Waals surface area (Å²) in [6.07, 6.45) is 0. The first-order chi connectivity index (χ1) is 7.86. The summed E-state index contributed by atoms with van der Waals surface area (Å²) in [5, 5.41) is 18.5. The van der Waals surface area contributed by atoms with Crippen LogP contribution < -0.4 is 0 Å². The van der Waals surface area contributed by atoms with E-state index in [1.807, 2.05) is 0 Å². The highest BCUT2D eigenvalue weighted by molar-refractivity contribution is 6.38. The van der Waals surface area contributed by atoms with Crippen LogP contribution in [0.25, 0.3) is 0 Å². The zero-order valence-electron chi connectivity index (χ0n) is 9.19. The zero-order valence-corrected chi connectivity index (χ0v) is 9.95. The number of imide groups is 1. The van der Waals surface area contributed by atoms with Gasteiger partial charge in [-0.2, -0.15) is 0 Å². The highest BCUT2D eigenvalue weighted by atomic mass is 35.5. The number of carbonyl (C=O) groups excluding carboxylic acids is 2. The van der Waals surface area contributed by atoms with Crippen LogP contribution in [0.2, 0.25) is 5.02 Å². The number of nitrogens with zero attached hydrogens (tertiary/aromatic N) is 1. The van der Waals surface area contributed by atoms with Crippen molar-refractivity contribution in [1.29, 1.82) is 0 Å². The molecule has 2 amide bonds. The Labute approximate surface area is 102 Å². The van der Waals surface area contributed by atoms with Crippen molar-refractivity contribution >= 4 is 23.4 Å². The Bertz CT molecular complexity index is 539. The number of halogens is 1. The van der Waals surface area contributed by atoms with Crippen LogP contribution >= 0.6 is 11.6 Å². The summed E-state index contributed by atoms with van der Waals surface area (Å²) in [4.78, 5) is 24.9. The third kappa shape index (κ3) is 1.46. The third-order valence-electron chi connectivity index (χ3n) is 2.62. The van der Waals surface area contributed by atoms with E-state index in [1.165, 1.54) is 0 Å². The predicted octanol–water partition coefficient (Wildman–Crippen LogP) is 1.76. The monoisotopic (exact) mass is 255 g/mol. The van der Waals surface area contributed by atoms with Crippen LogP contribution in [0.4, 0.5) is 0 Å². The van der Waals surface area contributed by atoms with Gasteiger partial charge in [-0.3, -0.25) is 14.5 Å². The summed E-state index contributed by atoms with van der Waals surface area (Å²) >= 11 is 5.76. The lowest BCUT2D eigenvalue weighted by atomic mass is 10.1. The second kappa shape index (κ2) is 3.63. The molecule has 0 saturated heterocycles. The lowest BCUT2D eigenvalue weighted by Gasteiger charge is -2.17. The van der Waals surface area contributed by atoms with Gasteiger partial charge in [0, 0.05) is 6.04 Å². The number of phenolic OH excluding ortho intramolecular Hbond substituents is 2. The summed E-state index contributed by atoms with van der Waals surface area (Å²) in [6.45, 7) is 3.38. The molecular weight excluding hydrogens is 246 g/mol. The molecule has 0 spiro atoms. The van der Waals surface area contributed by atoms with E-state index >= 15 is 0 Å². The van der Waals surface area contributed by atoms with Gasteiger partial charge in [0.15, 0.2) is 11.5 Å². The van der Waals surface area contributed by atoms with Crippen molar-refractivity contribution < 1.29 is 19.8 Å². The van der Waals surface area contributed by atoms with Crippen molar-refractivity contribution in [2.75, 3.05) is 0 Å². The minimum atomic E-state index is -0.586. The number of rotatable bonds is 1. The van der Waals surface area contributed by atoms with Crippen molar-refractivity contribution in [3.63, 3.8) is 0 Å². The Morgan fingerprint density at radius 2 is 1.82 bits per heavy atom. The summed E-state index contributed by atoms with van der Waals surface area (Å²) in [5.41, 5.74) is -0.0373. The molecule has 1 aromatic carbocycles. The van der Waals surface area contributed by atoms with Gasteiger partial charge in [-0.25, -0.2) is 0 Å². The molecule has 2 rings (SSSR count). The molecule has 5 nitrogen and oxygen atoms in total. The standard InChI is InChI=1S/C11H10ClNO4/c1-4(2)13-10(16)5-3-6(14)9(15)8(12)7(5)11(13)17/h3-4,14-15H,1-2H3. The number of aromatic hydroxyl groups is 2. The van der Waals surface area contributed by atoms with Crippen LogP contribution in [-0.2, 0) is 0 Å². The number of phenols is 2. The third-order valence-corrected chi connectivity index (χ3v) is 2.99. The second-order valence-corrected chi connectivity index (χ2v) is 4.43. The maximum absolute atomic E-state index is 12.0. The Morgan fingerprint density at radius 3 is 2.35 bits per heavy atom. The molecule has 0 unspecified atom stereocenters. The molecule has 0 aromatic heterocycles. The molecule has 0 bridgehead atoms. The van der Waals surface area contributed by atoms with E-state index < -0.39 is 23.3 Å². The SMILES string of the molecule is CC(C)N1C(=O)c2cc(O)c(O)c(Cl)c2C1=O. The summed E-state index contributed by atoms with van der Waals surface area (Å²) in [5.74, 6) is -2.17. The first kappa shape index (κ1) is 11.7. The van der Waals surface area contributed by atoms with Gasteiger partial charge in [-0.15, -0.1) is 0 Å². The maximum atomic E-state index is 12.0. The molecule has 90 valence electrons. The number of amides is 2. The van der Waals surface area contributed by atoms with Gasteiger partial charge in [-0.1, -0.05) is 11.6 Å². The smallest absolute Gasteiger partial charge is 0.263 e. The zero-order chi connectivity index (χ0) is 12.9. The largest absolute Gasteiger partial charge is 0.504 e. The molecule has 2 N–H and O–H groups in total. The fourth-order valence-corrected chi connectivity index (χ4v) is 2.09. The molecule has 0 aliphatic carbocycles. The number of benzene rings is 1. The molecule has 0 radical (unpaired) electrons. The number of fused-ring (bicyclic) bond motifs is 1. The number of carbonyl (C=O) groups is 2. The highest BCUT2D eigenvalue weighted by Gasteiger charge is 2.40. The van der Waals surface area contributed by atoms with Crippen LogP contribution in [-0.4, -0.2) is 33.0 Å². The summed E-state index contributed by atoms with van der Waals surface area (Å²) < 4.78 is 0. The minimum absolute atomic E-state index is 0.0176. The van der Waals surface area contributed by atoms with Crippen LogP contribution in [0.1, 0.15) is 34.6 Å². The van der Waals surface area contributed by atoms with E-state index in [0.717, 1.165) is 11.0 Å². The Kier molecular flexibility index (Phi) is 2.50. The van der Waals surface area contributed by atoms with Gasteiger partial charge in [-0.05, 0) is 19.9 Å². The maximum Gasteiger partial charge on any atom is 0.263 e. The highest BCUT2D eigenvalue weighted by Crippen LogP contribution is 2.41. The Hall–Kier alpha value is -1.75. The first-order valence-electron chi connectivity index (χ1n) is 4.98. The Morgan fingerprint density at radius 1 is 1.24 bits per heavy atom. The first-order valence-corrected chi connectivity index (χ1v) is 5.36. The minimum Gasteiger partial charge on any atom is -0.504 e. The van der Waals surface area contributed by atoms with Gasteiger partial charge in [0.05, 0.1) is 16.1 Å². The van der Waals surface area contributed by atoms with E-state index in [-0.39, 0.29) is 22.2 Å². The molecule has 1 aromatic rings. The van der Waals surface area contributed by atoms with Crippen LogP contribution in [0.3, 0.4) is 0 Å². The second-order valence-electron chi connectivity index (χ2n) is 4.05. The molecule has 6 heteroatoms. The van der Waals surface area contributed by atoms with Gasteiger partial charge >= 0.3 is 0 Å². The van der Waals surface area contributed by atoms with Crippen molar-refractivity contribution in [2.24, 2.45) is 0 Å². The molecule has 0 fully saturated rings. The molecule has 0 atom stereocenters. The lowest BCUT2D eigenvalue weighted by molar-refractivity contribution is 0.0609. The average Bonchev–Trinajstić information content (AvgIpc) is 2.48. The fraction of sp³-hybridized carbons (Fsp3) is 0.273. The van der Waals surface area contributed by atoms with E-state index in [0.29, 0.717) is 0 Å². The lowest BCUT2D eigenvalue weighted by Crippen LogP contribution is -2.35. The van der Waals surface area contributed by atoms with Gasteiger partial charge in [0.25, 0.3) is 11.8 Å². The van der Waals surface area contributed by atoms with Gasteiger partial charge in [0.1, 0.15) is 0 Å². The topological polar surface area (TPSA) is 77.8 Å². The van der Waals surface area contributed by atoms with Crippen LogP contribution in [0.5, 0.6) is 11.5 Å². The predicted molar refractivity (Wildman–Crippen MR) is 60.4 cm³/mol. The average molecular weight is 256 g/mol. The Balaban J connectivity index is 2.70. The van der Waals surface area contributed by atoms with Crippen LogP contribution in [0, 0.1) is 0 Å². The van der Waals surface area contributed by atoms with Crippen molar-refractivity contribution in [3.05, 3.63) is 22.2 Å². The molecule has 17 heavy (non-hydrogen) atoms. The van der Waals surface area contributed by atoms with E-state index in [4.69, 9.17) is 11.6 Å². The molecule has 1 aliphatic heterocycles. The van der Waals surface area contributed by atoms with Crippen molar-refractivity contribution in [1.82, 2.24) is 4.90 Å². The quantitative estimate of drug-likeness (QED) is 0.592.